The number of aromatic nitrogens is 2. The van der Waals surface area contributed by atoms with E-state index in [0.717, 1.165) is 24.6 Å². The lowest BCUT2D eigenvalue weighted by atomic mass is 10.2. The first kappa shape index (κ1) is 13.6. The van der Waals surface area contributed by atoms with Gasteiger partial charge in [-0.25, -0.2) is 5.10 Å². The van der Waals surface area contributed by atoms with Gasteiger partial charge in [-0.2, -0.15) is 5.10 Å². The van der Waals surface area contributed by atoms with Crippen LogP contribution in [-0.2, 0) is 4.79 Å². The van der Waals surface area contributed by atoms with E-state index in [9.17, 15) is 9.59 Å². The number of aromatic amines is 1. The van der Waals surface area contributed by atoms with Crippen LogP contribution in [0.1, 0.15) is 19.3 Å². The zero-order chi connectivity index (χ0) is 14.7. The van der Waals surface area contributed by atoms with Crippen molar-refractivity contribution in [3.8, 4) is 0 Å². The molecule has 0 bridgehead atoms. The molecule has 0 spiro atoms. The van der Waals surface area contributed by atoms with Gasteiger partial charge in [-0.05, 0) is 25.3 Å². The van der Waals surface area contributed by atoms with Gasteiger partial charge in [-0.3, -0.25) is 9.59 Å². The molecule has 3 N–H and O–H groups in total. The normalized spacial score (nSPS) is 14.1. The van der Waals surface area contributed by atoms with Crippen molar-refractivity contribution >= 4 is 22.5 Å². The first-order chi connectivity index (χ1) is 10.3. The quantitative estimate of drug-likeness (QED) is 0.698. The number of carbonyl (C=O) groups is 1. The van der Waals surface area contributed by atoms with Crippen molar-refractivity contribution in [3.05, 3.63) is 34.6 Å². The largest absolute Gasteiger partial charge is 0.368 e. The molecule has 0 unspecified atom stereocenters. The molecule has 1 aromatic heterocycles. The molecule has 6 heteroatoms. The fourth-order valence-electron chi connectivity index (χ4n) is 2.25. The minimum atomic E-state index is -0.187. The standard InChI is InChI=1S/C15H18N4O2/c20-14(10-6-7-10)17-9-3-8-16-13-11-4-1-2-5-12(11)15(21)19-18-13/h1-2,4-5,10H,3,6-9H2,(H,16,18)(H,17,20)(H,19,21). The second-order valence-corrected chi connectivity index (χ2v) is 5.29. The number of fused-ring (bicyclic) bond motifs is 1. The highest BCUT2D eigenvalue weighted by Crippen LogP contribution is 2.28. The van der Waals surface area contributed by atoms with Crippen LogP contribution in [0.4, 0.5) is 5.82 Å². The van der Waals surface area contributed by atoms with Gasteiger partial charge in [-0.15, -0.1) is 0 Å². The summed E-state index contributed by atoms with van der Waals surface area (Å²) in [7, 11) is 0. The summed E-state index contributed by atoms with van der Waals surface area (Å²) in [5, 5.41) is 14.1. The highest BCUT2D eigenvalue weighted by atomic mass is 16.2. The van der Waals surface area contributed by atoms with Crippen LogP contribution in [0.25, 0.3) is 10.8 Å². The molecule has 6 nitrogen and oxygen atoms in total. The van der Waals surface area contributed by atoms with E-state index in [1.807, 2.05) is 18.2 Å². The molecule has 3 rings (SSSR count). The lowest BCUT2D eigenvalue weighted by Gasteiger charge is -2.08. The number of hydrogen-bond donors (Lipinski definition) is 3. The van der Waals surface area contributed by atoms with E-state index in [-0.39, 0.29) is 17.4 Å². The molecule has 21 heavy (non-hydrogen) atoms. The Labute approximate surface area is 121 Å². The summed E-state index contributed by atoms with van der Waals surface area (Å²) in [5.74, 6) is 1.09. The SMILES string of the molecule is O=C(NCCCNc1n[nH]c(=O)c2ccccc12)C1CC1. The van der Waals surface area contributed by atoms with E-state index in [1.165, 1.54) is 0 Å². The van der Waals surface area contributed by atoms with Gasteiger partial charge in [0.05, 0.1) is 5.39 Å². The highest BCUT2D eigenvalue weighted by Gasteiger charge is 2.28. The summed E-state index contributed by atoms with van der Waals surface area (Å²) in [6.07, 6.45) is 2.86. The Morgan fingerprint density at radius 2 is 2.00 bits per heavy atom. The number of carbonyl (C=O) groups excluding carboxylic acids is 1. The maximum Gasteiger partial charge on any atom is 0.272 e. The van der Waals surface area contributed by atoms with Crippen molar-refractivity contribution in [1.82, 2.24) is 15.5 Å². The maximum absolute atomic E-state index is 11.7. The Balaban J connectivity index is 1.54. The number of nitrogens with zero attached hydrogens (tertiary/aromatic N) is 1. The van der Waals surface area contributed by atoms with E-state index in [0.29, 0.717) is 24.3 Å². The average Bonchev–Trinajstić information content (AvgIpc) is 3.34. The first-order valence-electron chi connectivity index (χ1n) is 7.25. The van der Waals surface area contributed by atoms with Crippen LogP contribution in [0.2, 0.25) is 0 Å². The number of hydrogen-bond acceptors (Lipinski definition) is 4. The topological polar surface area (TPSA) is 86.9 Å². The van der Waals surface area contributed by atoms with Crippen molar-refractivity contribution in [1.29, 1.82) is 0 Å². The van der Waals surface area contributed by atoms with Crippen molar-refractivity contribution in [3.63, 3.8) is 0 Å². The second-order valence-electron chi connectivity index (χ2n) is 5.29. The lowest BCUT2D eigenvalue weighted by molar-refractivity contribution is -0.122. The maximum atomic E-state index is 11.7. The van der Waals surface area contributed by atoms with Crippen molar-refractivity contribution in [2.75, 3.05) is 18.4 Å². The van der Waals surface area contributed by atoms with Crippen molar-refractivity contribution in [2.45, 2.75) is 19.3 Å². The molecule has 1 amide bonds. The number of benzene rings is 1. The van der Waals surface area contributed by atoms with Gasteiger partial charge in [0.15, 0.2) is 5.82 Å². The van der Waals surface area contributed by atoms with E-state index >= 15 is 0 Å². The molecule has 1 aliphatic carbocycles. The lowest BCUT2D eigenvalue weighted by Crippen LogP contribution is -2.27. The molecule has 0 atom stereocenters. The summed E-state index contributed by atoms with van der Waals surface area (Å²) >= 11 is 0. The Hall–Kier alpha value is -2.37. The zero-order valence-corrected chi connectivity index (χ0v) is 11.7. The van der Waals surface area contributed by atoms with Gasteiger partial charge in [0, 0.05) is 24.4 Å². The summed E-state index contributed by atoms with van der Waals surface area (Å²) in [5.41, 5.74) is -0.187. The van der Waals surface area contributed by atoms with Crippen LogP contribution < -0.4 is 16.2 Å². The Morgan fingerprint density at radius 1 is 1.24 bits per heavy atom. The smallest absolute Gasteiger partial charge is 0.272 e. The van der Waals surface area contributed by atoms with Crippen LogP contribution in [0.3, 0.4) is 0 Å². The number of H-pyrrole nitrogens is 1. The molecular formula is C15H18N4O2. The third-order valence-electron chi connectivity index (χ3n) is 3.59. The third kappa shape index (κ3) is 3.21. The van der Waals surface area contributed by atoms with Crippen LogP contribution in [0.15, 0.2) is 29.1 Å². The molecule has 0 aliphatic heterocycles. The first-order valence-corrected chi connectivity index (χ1v) is 7.25. The van der Waals surface area contributed by atoms with Gasteiger partial charge < -0.3 is 10.6 Å². The minimum absolute atomic E-state index is 0.169. The van der Waals surface area contributed by atoms with Gasteiger partial charge in [0.25, 0.3) is 5.56 Å². The molecule has 1 fully saturated rings. The molecule has 1 heterocycles. The predicted octanol–water partition coefficient (Wildman–Crippen LogP) is 1.25. The predicted molar refractivity (Wildman–Crippen MR) is 81.2 cm³/mol. The Bertz CT molecular complexity index is 706. The van der Waals surface area contributed by atoms with E-state index < -0.39 is 0 Å². The van der Waals surface area contributed by atoms with Crippen molar-refractivity contribution in [2.24, 2.45) is 5.92 Å². The van der Waals surface area contributed by atoms with Gasteiger partial charge in [0.2, 0.25) is 5.91 Å². The summed E-state index contributed by atoms with van der Waals surface area (Å²) in [4.78, 5) is 23.1. The van der Waals surface area contributed by atoms with E-state index in [4.69, 9.17) is 0 Å². The van der Waals surface area contributed by atoms with Gasteiger partial charge in [0.1, 0.15) is 0 Å². The monoisotopic (exact) mass is 286 g/mol. The average molecular weight is 286 g/mol. The summed E-state index contributed by atoms with van der Waals surface area (Å²) in [6.45, 7) is 1.34. The second kappa shape index (κ2) is 5.95. The number of rotatable bonds is 6. The van der Waals surface area contributed by atoms with Gasteiger partial charge in [-0.1, -0.05) is 18.2 Å². The molecule has 0 radical (unpaired) electrons. The van der Waals surface area contributed by atoms with Crippen molar-refractivity contribution < 1.29 is 4.79 Å². The highest BCUT2D eigenvalue weighted by molar-refractivity contribution is 5.90. The number of nitrogens with one attached hydrogen (secondary N) is 3. The van der Waals surface area contributed by atoms with E-state index in [1.54, 1.807) is 6.07 Å². The zero-order valence-electron chi connectivity index (χ0n) is 11.7. The molecule has 1 aliphatic rings. The summed E-state index contributed by atoms with van der Waals surface area (Å²) < 4.78 is 0. The van der Waals surface area contributed by atoms with Crippen LogP contribution in [0.5, 0.6) is 0 Å². The Kier molecular flexibility index (Phi) is 3.85. The fourth-order valence-corrected chi connectivity index (χ4v) is 2.25. The molecule has 1 aromatic carbocycles. The molecule has 1 saturated carbocycles. The third-order valence-corrected chi connectivity index (χ3v) is 3.59. The van der Waals surface area contributed by atoms with E-state index in [2.05, 4.69) is 20.8 Å². The number of amides is 1. The van der Waals surface area contributed by atoms with Gasteiger partial charge >= 0.3 is 0 Å². The molecule has 0 saturated heterocycles. The Morgan fingerprint density at radius 3 is 2.76 bits per heavy atom. The molecule has 110 valence electrons. The van der Waals surface area contributed by atoms with Crippen LogP contribution in [-0.4, -0.2) is 29.2 Å². The summed E-state index contributed by atoms with van der Waals surface area (Å²) in [6, 6.07) is 7.35. The number of anilines is 1. The minimum Gasteiger partial charge on any atom is -0.368 e. The molecule has 2 aromatic rings. The molecular weight excluding hydrogens is 268 g/mol. The fraction of sp³-hybridized carbons (Fsp3) is 0.400. The van der Waals surface area contributed by atoms with Crippen LogP contribution >= 0.6 is 0 Å². The van der Waals surface area contributed by atoms with Crippen LogP contribution in [0, 0.1) is 5.92 Å².